The van der Waals surface area contributed by atoms with Crippen LogP contribution >= 0.6 is 11.6 Å². The Bertz CT molecular complexity index is 876. The van der Waals surface area contributed by atoms with Crippen LogP contribution in [-0.2, 0) is 15.4 Å². The Morgan fingerprint density at radius 2 is 1.84 bits per heavy atom. The average molecular weight is 380 g/mol. The van der Waals surface area contributed by atoms with Crippen molar-refractivity contribution in [3.63, 3.8) is 0 Å². The van der Waals surface area contributed by atoms with Gasteiger partial charge in [0.25, 0.3) is 0 Å². The van der Waals surface area contributed by atoms with Gasteiger partial charge in [-0.25, -0.2) is 18.2 Å². The quantitative estimate of drug-likeness (QED) is 0.852. The first-order chi connectivity index (χ1) is 11.8. The lowest BCUT2D eigenvalue weighted by atomic mass is 9.72. The largest absolute Gasteiger partial charge is 0.328 e. The molecule has 1 aliphatic rings. The van der Waals surface area contributed by atoms with Crippen LogP contribution in [0.3, 0.4) is 0 Å². The molecule has 132 valence electrons. The van der Waals surface area contributed by atoms with E-state index >= 15 is 0 Å². The Labute approximate surface area is 151 Å². The van der Waals surface area contributed by atoms with Gasteiger partial charge in [0.2, 0.25) is 0 Å². The van der Waals surface area contributed by atoms with Crippen molar-refractivity contribution in [3.05, 3.63) is 53.2 Å². The van der Waals surface area contributed by atoms with Crippen LogP contribution < -0.4 is 10.6 Å². The van der Waals surface area contributed by atoms with E-state index in [1.807, 2.05) is 24.3 Å². The van der Waals surface area contributed by atoms with E-state index in [-0.39, 0.29) is 11.1 Å². The zero-order valence-corrected chi connectivity index (χ0v) is 15.2. The highest BCUT2D eigenvalue weighted by Gasteiger charge is 2.40. The molecule has 2 aromatic rings. The highest BCUT2D eigenvalue weighted by Crippen LogP contribution is 2.41. The molecule has 0 bridgehead atoms. The normalized spacial score (nSPS) is 15.9. The van der Waals surface area contributed by atoms with Gasteiger partial charge in [-0.05, 0) is 49.1 Å². The predicted octanol–water partition coefficient (Wildman–Crippen LogP) is 3.34. The molecule has 0 spiro atoms. The van der Waals surface area contributed by atoms with Crippen LogP contribution in [0.15, 0.2) is 47.6 Å². The molecule has 0 radical (unpaired) electrons. The number of hydrogen-bond acceptors (Lipinski definition) is 4. The molecule has 0 aliphatic heterocycles. The molecule has 1 saturated carbocycles. The minimum Gasteiger partial charge on any atom is -0.328 e. The molecule has 0 unspecified atom stereocenters. The predicted molar refractivity (Wildman–Crippen MR) is 96.5 cm³/mol. The van der Waals surface area contributed by atoms with Crippen molar-refractivity contribution < 1.29 is 13.2 Å². The third-order valence-corrected chi connectivity index (χ3v) is 5.58. The van der Waals surface area contributed by atoms with Gasteiger partial charge in [0.15, 0.2) is 14.9 Å². The zero-order chi connectivity index (χ0) is 18.1. The van der Waals surface area contributed by atoms with E-state index in [2.05, 4.69) is 15.6 Å². The Hall–Kier alpha value is -2.12. The summed E-state index contributed by atoms with van der Waals surface area (Å²) in [6, 6.07) is 9.98. The van der Waals surface area contributed by atoms with Crippen LogP contribution in [0, 0.1) is 0 Å². The van der Waals surface area contributed by atoms with Gasteiger partial charge >= 0.3 is 6.03 Å². The van der Waals surface area contributed by atoms with Crippen molar-refractivity contribution in [3.8, 4) is 0 Å². The summed E-state index contributed by atoms with van der Waals surface area (Å²) in [6.45, 7) is 0. The number of pyridine rings is 1. The van der Waals surface area contributed by atoms with E-state index in [9.17, 15) is 13.2 Å². The lowest BCUT2D eigenvalue weighted by molar-refractivity contribution is 0.185. The minimum absolute atomic E-state index is 0.0323. The number of nitrogens with zero attached hydrogens (tertiary/aromatic N) is 1. The fourth-order valence-electron chi connectivity index (χ4n) is 2.84. The van der Waals surface area contributed by atoms with Crippen LogP contribution in [0.2, 0.25) is 5.02 Å². The van der Waals surface area contributed by atoms with Crippen molar-refractivity contribution >= 4 is 33.2 Å². The molecule has 0 saturated heterocycles. The van der Waals surface area contributed by atoms with E-state index in [0.717, 1.165) is 31.1 Å². The molecular weight excluding hydrogens is 362 g/mol. The summed E-state index contributed by atoms with van der Waals surface area (Å²) in [5.41, 5.74) is 1.05. The molecule has 1 fully saturated rings. The number of rotatable bonds is 4. The lowest BCUT2D eigenvalue weighted by Crippen LogP contribution is -2.52. The Morgan fingerprint density at radius 3 is 2.32 bits per heavy atom. The maximum atomic E-state index is 12.3. The van der Waals surface area contributed by atoms with Crippen LogP contribution in [-0.4, -0.2) is 25.7 Å². The van der Waals surface area contributed by atoms with Gasteiger partial charge in [-0.15, -0.1) is 0 Å². The second-order valence-electron chi connectivity index (χ2n) is 6.18. The molecule has 8 heteroatoms. The summed E-state index contributed by atoms with van der Waals surface area (Å²) in [4.78, 5) is 16.2. The second kappa shape index (κ2) is 6.65. The number of nitrogens with one attached hydrogen (secondary N) is 2. The topological polar surface area (TPSA) is 88.2 Å². The summed E-state index contributed by atoms with van der Waals surface area (Å²) < 4.78 is 22.8. The van der Waals surface area contributed by atoms with Gasteiger partial charge in [-0.3, -0.25) is 0 Å². The van der Waals surface area contributed by atoms with Gasteiger partial charge in [0, 0.05) is 11.3 Å². The fraction of sp³-hybridized carbons (Fsp3) is 0.294. The first-order valence-electron chi connectivity index (χ1n) is 7.80. The summed E-state index contributed by atoms with van der Waals surface area (Å²) in [6.07, 6.45) is 5.15. The third-order valence-electron chi connectivity index (χ3n) is 4.33. The number of halogens is 1. The highest BCUT2D eigenvalue weighted by molar-refractivity contribution is 7.90. The number of anilines is 1. The summed E-state index contributed by atoms with van der Waals surface area (Å²) in [7, 11) is -3.36. The maximum absolute atomic E-state index is 12.3. The smallest absolute Gasteiger partial charge is 0.319 e. The van der Waals surface area contributed by atoms with E-state index in [0.29, 0.717) is 10.7 Å². The molecule has 3 rings (SSSR count). The first-order valence-corrected chi connectivity index (χ1v) is 10.1. The molecular formula is C17H18ClN3O3S. The summed E-state index contributed by atoms with van der Waals surface area (Å²) in [5.74, 6) is 0. The number of carbonyl (C=O) groups excluding carboxylic acids is 1. The van der Waals surface area contributed by atoms with Crippen LogP contribution in [0.25, 0.3) is 0 Å². The Kier molecular flexibility index (Phi) is 4.71. The molecule has 1 aromatic heterocycles. The lowest BCUT2D eigenvalue weighted by Gasteiger charge is -2.43. The molecule has 25 heavy (non-hydrogen) atoms. The van der Waals surface area contributed by atoms with Gasteiger partial charge in [0.05, 0.1) is 17.4 Å². The Balaban J connectivity index is 1.70. The number of amides is 2. The SMILES string of the molecule is CS(=O)(=O)c1ccc(NC(=O)NC2(c3ccc(Cl)cc3)CCC2)cn1. The molecule has 1 aromatic carbocycles. The van der Waals surface area contributed by atoms with E-state index < -0.39 is 15.4 Å². The average Bonchev–Trinajstić information content (AvgIpc) is 2.51. The molecule has 1 heterocycles. The van der Waals surface area contributed by atoms with Crippen LogP contribution in [0.4, 0.5) is 10.5 Å². The van der Waals surface area contributed by atoms with E-state index in [1.54, 1.807) is 0 Å². The van der Waals surface area contributed by atoms with Crippen molar-refractivity contribution in [2.75, 3.05) is 11.6 Å². The molecule has 2 amide bonds. The third kappa shape index (κ3) is 3.93. The van der Waals surface area contributed by atoms with E-state index in [4.69, 9.17) is 11.6 Å². The maximum Gasteiger partial charge on any atom is 0.319 e. The van der Waals surface area contributed by atoms with Gasteiger partial charge in [0.1, 0.15) is 0 Å². The highest BCUT2D eigenvalue weighted by atomic mass is 35.5. The Morgan fingerprint density at radius 1 is 1.16 bits per heavy atom. The molecule has 2 N–H and O–H groups in total. The van der Waals surface area contributed by atoms with Gasteiger partial charge in [-0.1, -0.05) is 23.7 Å². The standard InChI is InChI=1S/C17H18ClN3O3S/c1-25(23,24)15-8-7-14(11-19-15)20-16(22)21-17(9-2-10-17)12-3-5-13(18)6-4-12/h3-8,11H,2,9-10H2,1H3,(H2,20,21,22). The van der Waals surface area contributed by atoms with Crippen molar-refractivity contribution in [2.45, 2.75) is 29.8 Å². The summed E-state index contributed by atoms with van der Waals surface area (Å²) >= 11 is 5.93. The molecule has 6 nitrogen and oxygen atoms in total. The second-order valence-corrected chi connectivity index (χ2v) is 8.58. The summed E-state index contributed by atoms with van der Waals surface area (Å²) in [5, 5.41) is 6.33. The van der Waals surface area contributed by atoms with Crippen molar-refractivity contribution in [2.24, 2.45) is 0 Å². The van der Waals surface area contributed by atoms with Crippen molar-refractivity contribution in [1.82, 2.24) is 10.3 Å². The fourth-order valence-corrected chi connectivity index (χ4v) is 3.52. The number of sulfone groups is 1. The zero-order valence-electron chi connectivity index (χ0n) is 13.6. The monoisotopic (exact) mass is 379 g/mol. The number of benzene rings is 1. The first kappa shape index (κ1) is 17.7. The molecule has 1 aliphatic carbocycles. The number of urea groups is 1. The van der Waals surface area contributed by atoms with E-state index in [1.165, 1.54) is 18.3 Å². The number of carbonyl (C=O) groups is 1. The van der Waals surface area contributed by atoms with Gasteiger partial charge in [-0.2, -0.15) is 0 Å². The van der Waals surface area contributed by atoms with Gasteiger partial charge < -0.3 is 10.6 Å². The van der Waals surface area contributed by atoms with Crippen LogP contribution in [0.5, 0.6) is 0 Å². The number of hydrogen-bond donors (Lipinski definition) is 2. The minimum atomic E-state index is -3.36. The van der Waals surface area contributed by atoms with Crippen LogP contribution in [0.1, 0.15) is 24.8 Å². The molecule has 0 atom stereocenters. The number of aromatic nitrogens is 1. The van der Waals surface area contributed by atoms with Crippen molar-refractivity contribution in [1.29, 1.82) is 0 Å².